The summed E-state index contributed by atoms with van der Waals surface area (Å²) in [7, 11) is 0. The third-order valence-electron chi connectivity index (χ3n) is 7.28. The molecule has 1 aliphatic heterocycles. The molecule has 1 saturated heterocycles. The lowest BCUT2D eigenvalue weighted by atomic mass is 10.0. The lowest BCUT2D eigenvalue weighted by molar-refractivity contribution is -0.130. The van der Waals surface area contributed by atoms with Crippen molar-refractivity contribution in [3.8, 4) is 0 Å². The van der Waals surface area contributed by atoms with E-state index in [-0.39, 0.29) is 0 Å². The molecule has 0 N–H and O–H groups in total. The van der Waals surface area contributed by atoms with Gasteiger partial charge in [0, 0.05) is 19.5 Å². The van der Waals surface area contributed by atoms with Crippen molar-refractivity contribution in [2.75, 3.05) is 13.1 Å². The van der Waals surface area contributed by atoms with Crippen molar-refractivity contribution < 1.29 is 4.79 Å². The second-order valence-corrected chi connectivity index (χ2v) is 10.6. The van der Waals surface area contributed by atoms with Crippen LogP contribution in [0.2, 0.25) is 0 Å². The van der Waals surface area contributed by atoms with Crippen LogP contribution in [0.15, 0.2) is 24.3 Å². The lowest BCUT2D eigenvalue weighted by Gasteiger charge is -2.14. The van der Waals surface area contributed by atoms with Crippen LogP contribution in [-0.2, 0) is 4.79 Å². The normalized spacial score (nSPS) is 14.2. The first-order valence-corrected chi connectivity index (χ1v) is 15.4. The molecule has 0 aromatic heterocycles. The first-order chi connectivity index (χ1) is 16.8. The maximum absolute atomic E-state index is 12.0. The van der Waals surface area contributed by atoms with Gasteiger partial charge in [-0.15, -0.1) is 0 Å². The molecular formula is C32H59NO. The van der Waals surface area contributed by atoms with Crippen molar-refractivity contribution in [3.63, 3.8) is 0 Å². The monoisotopic (exact) mass is 473 g/mol. The van der Waals surface area contributed by atoms with Gasteiger partial charge >= 0.3 is 0 Å². The van der Waals surface area contributed by atoms with E-state index in [1.807, 2.05) is 0 Å². The van der Waals surface area contributed by atoms with Gasteiger partial charge in [0.25, 0.3) is 0 Å². The topological polar surface area (TPSA) is 20.3 Å². The van der Waals surface area contributed by atoms with Crippen molar-refractivity contribution >= 4 is 5.91 Å². The Labute approximate surface area is 214 Å². The van der Waals surface area contributed by atoms with E-state index in [1.54, 1.807) is 0 Å². The Balaban J connectivity index is 1.68. The summed E-state index contributed by atoms with van der Waals surface area (Å²) in [5, 5.41) is 0. The third-order valence-corrected chi connectivity index (χ3v) is 7.28. The van der Waals surface area contributed by atoms with E-state index in [9.17, 15) is 4.79 Å². The van der Waals surface area contributed by atoms with Gasteiger partial charge < -0.3 is 4.90 Å². The summed E-state index contributed by atoms with van der Waals surface area (Å²) in [4.78, 5) is 14.1. The Bertz CT molecular complexity index is 489. The van der Waals surface area contributed by atoms with Crippen LogP contribution in [-0.4, -0.2) is 23.9 Å². The highest BCUT2D eigenvalue weighted by Crippen LogP contribution is 2.15. The molecule has 2 heteroatoms. The smallest absolute Gasteiger partial charge is 0.222 e. The Kier molecular flexibility index (Phi) is 22.8. The molecule has 1 heterocycles. The highest BCUT2D eigenvalue weighted by Gasteiger charge is 2.16. The molecule has 198 valence electrons. The molecule has 34 heavy (non-hydrogen) atoms. The van der Waals surface area contributed by atoms with E-state index < -0.39 is 0 Å². The van der Waals surface area contributed by atoms with Gasteiger partial charge in [-0.2, -0.15) is 0 Å². The Morgan fingerprint density at radius 1 is 0.529 bits per heavy atom. The number of rotatable bonds is 24. The second kappa shape index (κ2) is 25.1. The maximum atomic E-state index is 12.0. The van der Waals surface area contributed by atoms with Crippen LogP contribution in [0.4, 0.5) is 0 Å². The zero-order valence-corrected chi connectivity index (χ0v) is 23.0. The maximum Gasteiger partial charge on any atom is 0.222 e. The Hall–Kier alpha value is -1.05. The van der Waals surface area contributed by atoms with Gasteiger partial charge in [0.15, 0.2) is 0 Å². The highest BCUT2D eigenvalue weighted by molar-refractivity contribution is 5.76. The molecule has 0 unspecified atom stereocenters. The largest absolute Gasteiger partial charge is 0.343 e. The zero-order valence-electron chi connectivity index (χ0n) is 23.0. The minimum atomic E-state index is 0.404. The Morgan fingerprint density at radius 2 is 0.912 bits per heavy atom. The fraction of sp³-hybridized carbons (Fsp3) is 0.844. The highest BCUT2D eigenvalue weighted by atomic mass is 16.2. The molecule has 0 saturated carbocycles. The van der Waals surface area contributed by atoms with Gasteiger partial charge in [0.05, 0.1) is 0 Å². The number of allylic oxidation sites excluding steroid dienone is 4. The number of unbranched alkanes of at least 4 members (excludes halogenated alkanes) is 18. The van der Waals surface area contributed by atoms with E-state index in [1.165, 1.54) is 141 Å². The van der Waals surface area contributed by atoms with Crippen molar-refractivity contribution in [1.29, 1.82) is 0 Å². The molecule has 0 aromatic carbocycles. The van der Waals surface area contributed by atoms with E-state index in [4.69, 9.17) is 0 Å². The summed E-state index contributed by atoms with van der Waals surface area (Å²) >= 11 is 0. The molecule has 1 aliphatic rings. The minimum absolute atomic E-state index is 0.404. The van der Waals surface area contributed by atoms with Crippen molar-refractivity contribution in [2.45, 2.75) is 161 Å². The van der Waals surface area contributed by atoms with Crippen LogP contribution in [0.3, 0.4) is 0 Å². The fourth-order valence-corrected chi connectivity index (χ4v) is 4.95. The average molecular weight is 474 g/mol. The first-order valence-electron chi connectivity index (χ1n) is 15.4. The summed E-state index contributed by atoms with van der Waals surface area (Å²) in [6.07, 6.45) is 40.9. The molecule has 0 atom stereocenters. The lowest BCUT2D eigenvalue weighted by Crippen LogP contribution is -2.27. The number of carbonyl (C=O) groups is 1. The molecular weight excluding hydrogens is 414 g/mol. The van der Waals surface area contributed by atoms with Crippen LogP contribution in [0.1, 0.15) is 161 Å². The van der Waals surface area contributed by atoms with Crippen LogP contribution in [0.25, 0.3) is 0 Å². The minimum Gasteiger partial charge on any atom is -0.343 e. The van der Waals surface area contributed by atoms with Gasteiger partial charge in [-0.05, 0) is 51.4 Å². The first kappa shape index (κ1) is 31.0. The van der Waals surface area contributed by atoms with E-state index in [0.717, 1.165) is 25.9 Å². The SMILES string of the molecule is CCCCC=CCCC=CCCCCCCCCCCCCCCCCCC(=O)N1CCCC1. The number of likely N-dealkylation sites (tertiary alicyclic amines) is 1. The predicted octanol–water partition coefficient (Wildman–Crippen LogP) is 10.3. The molecule has 1 amide bonds. The van der Waals surface area contributed by atoms with E-state index >= 15 is 0 Å². The van der Waals surface area contributed by atoms with Crippen molar-refractivity contribution in [2.24, 2.45) is 0 Å². The van der Waals surface area contributed by atoms with Gasteiger partial charge in [0.2, 0.25) is 5.91 Å². The van der Waals surface area contributed by atoms with Gasteiger partial charge in [-0.25, -0.2) is 0 Å². The van der Waals surface area contributed by atoms with Gasteiger partial charge in [-0.1, -0.05) is 128 Å². The van der Waals surface area contributed by atoms with Gasteiger partial charge in [-0.3, -0.25) is 4.79 Å². The Morgan fingerprint density at radius 3 is 1.38 bits per heavy atom. The number of hydrogen-bond acceptors (Lipinski definition) is 1. The third kappa shape index (κ3) is 20.3. The summed E-state index contributed by atoms with van der Waals surface area (Å²) in [6, 6.07) is 0. The summed E-state index contributed by atoms with van der Waals surface area (Å²) < 4.78 is 0. The van der Waals surface area contributed by atoms with Crippen LogP contribution in [0.5, 0.6) is 0 Å². The summed E-state index contributed by atoms with van der Waals surface area (Å²) in [6.45, 7) is 4.27. The summed E-state index contributed by atoms with van der Waals surface area (Å²) in [5.74, 6) is 0.404. The fourth-order valence-electron chi connectivity index (χ4n) is 4.95. The van der Waals surface area contributed by atoms with E-state index in [2.05, 4.69) is 36.1 Å². The molecule has 0 aliphatic carbocycles. The standard InChI is InChI=1S/C32H59NO/c1-2-3-4-5-6-7-8-9-10-11-12-13-14-15-16-17-18-19-20-21-22-23-24-25-26-29-32(34)33-30-27-28-31-33/h5-6,9-10H,2-4,7-8,11-31H2,1H3. The van der Waals surface area contributed by atoms with Gasteiger partial charge in [0.1, 0.15) is 0 Å². The zero-order chi connectivity index (χ0) is 24.4. The number of hydrogen-bond donors (Lipinski definition) is 0. The van der Waals surface area contributed by atoms with Crippen LogP contribution < -0.4 is 0 Å². The molecule has 2 nitrogen and oxygen atoms in total. The molecule has 0 radical (unpaired) electrons. The predicted molar refractivity (Wildman–Crippen MR) is 151 cm³/mol. The molecule has 1 fully saturated rings. The average Bonchev–Trinajstić information content (AvgIpc) is 3.39. The van der Waals surface area contributed by atoms with Crippen LogP contribution >= 0.6 is 0 Å². The van der Waals surface area contributed by atoms with Crippen molar-refractivity contribution in [3.05, 3.63) is 24.3 Å². The number of nitrogens with zero attached hydrogens (tertiary/aromatic N) is 1. The number of carbonyl (C=O) groups excluding carboxylic acids is 1. The molecule has 0 spiro atoms. The molecule has 0 aromatic rings. The van der Waals surface area contributed by atoms with Crippen LogP contribution in [0, 0.1) is 0 Å². The number of amides is 1. The van der Waals surface area contributed by atoms with Crippen molar-refractivity contribution in [1.82, 2.24) is 4.90 Å². The van der Waals surface area contributed by atoms with E-state index in [0.29, 0.717) is 5.91 Å². The second-order valence-electron chi connectivity index (χ2n) is 10.6. The quantitative estimate of drug-likeness (QED) is 0.101. The molecule has 0 bridgehead atoms. The molecule has 1 rings (SSSR count). The summed E-state index contributed by atoms with van der Waals surface area (Å²) in [5.41, 5.74) is 0.